The molecule has 0 spiro atoms. The van der Waals surface area contributed by atoms with Crippen molar-refractivity contribution >= 4 is 35.7 Å². The molecule has 0 amide bonds. The second kappa shape index (κ2) is 19.7. The van der Waals surface area contributed by atoms with Crippen molar-refractivity contribution in [2.45, 2.75) is 38.9 Å². The SMILES string of the molecule is COC(=O)/C=C/c1ccc(OCc2cc(COc3ccc(/C=C/C(=O)OC)cc3OC)cc(OCCCCCCCl)c2)c(OC)c1. The van der Waals surface area contributed by atoms with Gasteiger partial charge < -0.3 is 33.2 Å². The van der Waals surface area contributed by atoms with Gasteiger partial charge in [0.05, 0.1) is 35.0 Å². The minimum Gasteiger partial charge on any atom is -0.494 e. The Kier molecular flexibility index (Phi) is 15.3. The molecule has 0 radical (unpaired) electrons. The molecule has 46 heavy (non-hydrogen) atoms. The quantitative estimate of drug-likeness (QED) is 0.0567. The van der Waals surface area contributed by atoms with E-state index in [1.165, 1.54) is 26.4 Å². The number of rotatable bonds is 19. The number of methoxy groups -OCH3 is 4. The fourth-order valence-electron chi connectivity index (χ4n) is 4.32. The van der Waals surface area contributed by atoms with Crippen molar-refractivity contribution in [2.24, 2.45) is 0 Å². The van der Waals surface area contributed by atoms with E-state index in [1.54, 1.807) is 50.6 Å². The van der Waals surface area contributed by atoms with Gasteiger partial charge >= 0.3 is 11.9 Å². The highest BCUT2D eigenvalue weighted by Gasteiger charge is 2.11. The first-order chi connectivity index (χ1) is 22.4. The molecular weight excluding hydrogens is 612 g/mol. The summed E-state index contributed by atoms with van der Waals surface area (Å²) in [4.78, 5) is 22.9. The minimum absolute atomic E-state index is 0.248. The van der Waals surface area contributed by atoms with E-state index in [2.05, 4.69) is 9.47 Å². The predicted molar refractivity (Wildman–Crippen MR) is 178 cm³/mol. The topological polar surface area (TPSA) is 98.8 Å². The summed E-state index contributed by atoms with van der Waals surface area (Å²) >= 11 is 5.80. The number of benzene rings is 3. The van der Waals surface area contributed by atoms with Crippen LogP contribution >= 0.6 is 11.6 Å². The van der Waals surface area contributed by atoms with Gasteiger partial charge in [0.15, 0.2) is 23.0 Å². The van der Waals surface area contributed by atoms with E-state index < -0.39 is 11.9 Å². The molecule has 246 valence electrons. The van der Waals surface area contributed by atoms with Gasteiger partial charge in [-0.05, 0) is 89.7 Å². The second-order valence-electron chi connectivity index (χ2n) is 10.0. The average molecular weight is 653 g/mol. The van der Waals surface area contributed by atoms with Crippen LogP contribution in [0, 0.1) is 0 Å². The molecule has 0 heterocycles. The van der Waals surface area contributed by atoms with Crippen LogP contribution in [0.1, 0.15) is 47.9 Å². The first-order valence-corrected chi connectivity index (χ1v) is 15.4. The minimum atomic E-state index is -0.445. The Morgan fingerprint density at radius 1 is 0.609 bits per heavy atom. The highest BCUT2D eigenvalue weighted by molar-refractivity contribution is 6.17. The third kappa shape index (κ3) is 12.0. The molecule has 0 aliphatic heterocycles. The summed E-state index contributed by atoms with van der Waals surface area (Å²) in [5.74, 6) is 2.64. The Hall–Kier alpha value is -4.63. The molecule has 0 bridgehead atoms. The highest BCUT2D eigenvalue weighted by atomic mass is 35.5. The van der Waals surface area contributed by atoms with Crippen molar-refractivity contribution < 1.29 is 42.7 Å². The lowest BCUT2D eigenvalue weighted by atomic mass is 10.1. The van der Waals surface area contributed by atoms with E-state index in [9.17, 15) is 9.59 Å². The van der Waals surface area contributed by atoms with Crippen LogP contribution in [-0.2, 0) is 32.3 Å². The number of unbranched alkanes of at least 4 members (excludes halogenated alkanes) is 3. The Morgan fingerprint density at radius 3 is 1.57 bits per heavy atom. The molecule has 0 N–H and O–H groups in total. The third-order valence-electron chi connectivity index (χ3n) is 6.71. The predicted octanol–water partition coefficient (Wildman–Crippen LogP) is 7.41. The average Bonchev–Trinajstić information content (AvgIpc) is 3.09. The number of esters is 2. The first kappa shape index (κ1) is 35.8. The largest absolute Gasteiger partial charge is 0.494 e. The number of carbonyl (C=O) groups is 2. The number of alkyl halides is 1. The van der Waals surface area contributed by atoms with E-state index in [0.717, 1.165) is 47.9 Å². The maximum Gasteiger partial charge on any atom is 0.330 e. The molecule has 3 aromatic carbocycles. The molecule has 0 aliphatic carbocycles. The van der Waals surface area contributed by atoms with Gasteiger partial charge in [-0.3, -0.25) is 0 Å². The zero-order chi connectivity index (χ0) is 33.1. The maximum atomic E-state index is 11.5. The van der Waals surface area contributed by atoms with Crippen LogP contribution in [0.4, 0.5) is 0 Å². The van der Waals surface area contributed by atoms with Crippen LogP contribution in [0.3, 0.4) is 0 Å². The number of carbonyl (C=O) groups excluding carboxylic acids is 2. The molecular formula is C36H41ClO9. The molecule has 0 saturated carbocycles. The lowest BCUT2D eigenvalue weighted by molar-refractivity contribution is -0.135. The number of ether oxygens (including phenoxy) is 7. The fourth-order valence-corrected chi connectivity index (χ4v) is 4.51. The van der Waals surface area contributed by atoms with E-state index in [0.29, 0.717) is 41.2 Å². The van der Waals surface area contributed by atoms with Gasteiger partial charge in [0.2, 0.25) is 0 Å². The third-order valence-corrected chi connectivity index (χ3v) is 6.98. The number of hydrogen-bond acceptors (Lipinski definition) is 9. The van der Waals surface area contributed by atoms with E-state index in [4.69, 9.17) is 35.3 Å². The fraction of sp³-hybridized carbons (Fsp3) is 0.333. The normalized spacial score (nSPS) is 11.0. The van der Waals surface area contributed by atoms with Gasteiger partial charge in [-0.2, -0.15) is 0 Å². The van der Waals surface area contributed by atoms with Gasteiger partial charge in [0, 0.05) is 18.0 Å². The standard InChI is InChI=1S/C36H41ClO9/c1-40-33-22-26(11-15-35(38)42-3)9-13-31(33)45-24-28-19-29(21-30(20-28)44-18-8-6-5-7-17-37)25-46-32-14-10-27(23-34(32)41-2)12-16-36(39)43-4/h9-16,19-23H,5-8,17-18,24-25H2,1-4H3/b15-11+,16-12+. The summed E-state index contributed by atoms with van der Waals surface area (Å²) in [5, 5.41) is 0. The van der Waals surface area contributed by atoms with E-state index in [-0.39, 0.29) is 13.2 Å². The smallest absolute Gasteiger partial charge is 0.330 e. The van der Waals surface area contributed by atoms with Crippen molar-refractivity contribution in [2.75, 3.05) is 40.9 Å². The summed E-state index contributed by atoms with van der Waals surface area (Å²) in [6.07, 6.45) is 9.99. The van der Waals surface area contributed by atoms with Gasteiger partial charge in [-0.1, -0.05) is 25.0 Å². The van der Waals surface area contributed by atoms with Crippen LogP contribution in [0.15, 0.2) is 66.7 Å². The number of halogens is 1. The summed E-state index contributed by atoms with van der Waals surface area (Å²) in [6, 6.07) is 16.7. The van der Waals surface area contributed by atoms with E-state index >= 15 is 0 Å². The molecule has 0 fully saturated rings. The molecule has 10 heteroatoms. The van der Waals surface area contributed by atoms with Crippen LogP contribution in [0.25, 0.3) is 12.2 Å². The first-order valence-electron chi connectivity index (χ1n) is 14.8. The lowest BCUT2D eigenvalue weighted by Crippen LogP contribution is -2.04. The molecule has 0 aromatic heterocycles. The Balaban J connectivity index is 1.76. The summed E-state index contributed by atoms with van der Waals surface area (Å²) in [6.45, 7) is 1.08. The zero-order valence-corrected chi connectivity index (χ0v) is 27.5. The van der Waals surface area contributed by atoms with Crippen molar-refractivity contribution in [1.82, 2.24) is 0 Å². The van der Waals surface area contributed by atoms with Gasteiger partial charge in [0.1, 0.15) is 19.0 Å². The molecule has 0 saturated heterocycles. The monoisotopic (exact) mass is 652 g/mol. The van der Waals surface area contributed by atoms with Crippen molar-refractivity contribution in [1.29, 1.82) is 0 Å². The van der Waals surface area contributed by atoms with E-state index in [1.807, 2.05) is 30.3 Å². The molecule has 3 aromatic rings. The second-order valence-corrected chi connectivity index (χ2v) is 10.4. The molecule has 0 atom stereocenters. The summed E-state index contributed by atoms with van der Waals surface area (Å²) in [7, 11) is 5.77. The van der Waals surface area contributed by atoms with Gasteiger partial charge in [-0.25, -0.2) is 9.59 Å². The zero-order valence-electron chi connectivity index (χ0n) is 26.7. The highest BCUT2D eigenvalue weighted by Crippen LogP contribution is 2.32. The Bertz CT molecular complexity index is 1380. The van der Waals surface area contributed by atoms with Gasteiger partial charge in [0.25, 0.3) is 0 Å². The molecule has 3 rings (SSSR count). The van der Waals surface area contributed by atoms with Crippen molar-refractivity contribution in [3.05, 3.63) is 89.0 Å². The molecule has 0 unspecified atom stereocenters. The summed E-state index contributed by atoms with van der Waals surface area (Å²) in [5.41, 5.74) is 3.28. The maximum absolute atomic E-state index is 11.5. The van der Waals surface area contributed by atoms with Crippen LogP contribution in [0.5, 0.6) is 28.7 Å². The van der Waals surface area contributed by atoms with Crippen LogP contribution < -0.4 is 23.7 Å². The van der Waals surface area contributed by atoms with Crippen molar-refractivity contribution in [3.8, 4) is 28.7 Å². The van der Waals surface area contributed by atoms with Crippen LogP contribution in [-0.4, -0.2) is 52.9 Å². The molecule has 0 aliphatic rings. The molecule has 9 nitrogen and oxygen atoms in total. The summed E-state index contributed by atoms with van der Waals surface area (Å²) < 4.78 is 38.8. The number of hydrogen-bond donors (Lipinski definition) is 0. The lowest BCUT2D eigenvalue weighted by Gasteiger charge is -2.15. The van der Waals surface area contributed by atoms with Crippen LogP contribution in [0.2, 0.25) is 0 Å². The van der Waals surface area contributed by atoms with Crippen molar-refractivity contribution in [3.63, 3.8) is 0 Å². The van der Waals surface area contributed by atoms with Gasteiger partial charge in [-0.15, -0.1) is 11.6 Å². The Morgan fingerprint density at radius 2 is 1.11 bits per heavy atom. The Labute approximate surface area is 275 Å².